The summed E-state index contributed by atoms with van der Waals surface area (Å²) in [6.07, 6.45) is 2.43. The summed E-state index contributed by atoms with van der Waals surface area (Å²) in [7, 11) is 0. The van der Waals surface area contributed by atoms with Gasteiger partial charge in [-0.1, -0.05) is 35.8 Å². The van der Waals surface area contributed by atoms with E-state index in [1.807, 2.05) is 50.2 Å². The minimum atomic E-state index is -0.234. The molecule has 208 valence electrons. The Kier molecular flexibility index (Phi) is 8.82. The molecule has 0 spiro atoms. The van der Waals surface area contributed by atoms with Gasteiger partial charge in [-0.15, -0.1) is 0 Å². The summed E-state index contributed by atoms with van der Waals surface area (Å²) in [5.41, 5.74) is 2.03. The standard InChI is InChI=1S/C29H26Br3N3O5/c1-4-16(3)28-34-21-8-7-19(30)12-20(21)29(36)35(28)33-13-18-11-24(37-5-2)27(26(32)25(18)31)38-14-17-6-9-22-23(10-17)40-15-39-22/h6-13,16H,4-5,14-15H2,1-3H3/t16-/m1/s1. The Morgan fingerprint density at radius 1 is 1.05 bits per heavy atom. The Balaban J connectivity index is 1.51. The summed E-state index contributed by atoms with van der Waals surface area (Å²) < 4.78 is 26.6. The summed E-state index contributed by atoms with van der Waals surface area (Å²) in [6, 6.07) is 13.0. The lowest BCUT2D eigenvalue weighted by molar-refractivity contribution is 0.174. The highest BCUT2D eigenvalue weighted by atomic mass is 79.9. The van der Waals surface area contributed by atoms with E-state index < -0.39 is 0 Å². The number of hydrogen-bond acceptors (Lipinski definition) is 7. The fraction of sp³-hybridized carbons (Fsp3) is 0.276. The van der Waals surface area contributed by atoms with Crippen LogP contribution in [0.3, 0.4) is 0 Å². The lowest BCUT2D eigenvalue weighted by Crippen LogP contribution is -2.23. The molecule has 1 aliphatic heterocycles. The van der Waals surface area contributed by atoms with Crippen LogP contribution in [0.4, 0.5) is 0 Å². The number of fused-ring (bicyclic) bond motifs is 2. The summed E-state index contributed by atoms with van der Waals surface area (Å²) in [6.45, 7) is 6.94. The van der Waals surface area contributed by atoms with Gasteiger partial charge >= 0.3 is 0 Å². The summed E-state index contributed by atoms with van der Waals surface area (Å²) in [5.74, 6) is 3.12. The maximum atomic E-state index is 13.5. The lowest BCUT2D eigenvalue weighted by Gasteiger charge is -2.17. The minimum absolute atomic E-state index is 0.0269. The van der Waals surface area contributed by atoms with Crippen LogP contribution in [0.25, 0.3) is 10.9 Å². The lowest BCUT2D eigenvalue weighted by atomic mass is 10.1. The molecule has 0 N–H and O–H groups in total. The van der Waals surface area contributed by atoms with Gasteiger partial charge in [0.2, 0.25) is 6.79 Å². The van der Waals surface area contributed by atoms with Crippen LogP contribution in [-0.2, 0) is 6.61 Å². The van der Waals surface area contributed by atoms with E-state index in [1.165, 1.54) is 4.68 Å². The highest BCUT2D eigenvalue weighted by Crippen LogP contribution is 2.43. The number of benzene rings is 3. The topological polar surface area (TPSA) is 84.2 Å². The Morgan fingerprint density at radius 2 is 1.85 bits per heavy atom. The number of rotatable bonds is 9. The first-order chi connectivity index (χ1) is 19.3. The van der Waals surface area contributed by atoms with Crippen molar-refractivity contribution in [2.24, 2.45) is 5.10 Å². The second-order valence-corrected chi connectivity index (χ2v) is 11.6. The van der Waals surface area contributed by atoms with Crippen LogP contribution in [0.1, 0.15) is 50.1 Å². The normalized spacial score (nSPS) is 13.2. The maximum Gasteiger partial charge on any atom is 0.282 e. The molecule has 1 aliphatic rings. The largest absolute Gasteiger partial charge is 0.490 e. The van der Waals surface area contributed by atoms with Gasteiger partial charge in [0, 0.05) is 20.4 Å². The van der Waals surface area contributed by atoms with Crippen molar-refractivity contribution >= 4 is 64.9 Å². The first-order valence-electron chi connectivity index (χ1n) is 12.7. The minimum Gasteiger partial charge on any atom is -0.490 e. The van der Waals surface area contributed by atoms with Gasteiger partial charge in [0.15, 0.2) is 23.0 Å². The van der Waals surface area contributed by atoms with E-state index in [4.69, 9.17) is 23.9 Å². The molecule has 3 aromatic carbocycles. The van der Waals surface area contributed by atoms with E-state index in [1.54, 1.807) is 12.3 Å². The number of ether oxygens (including phenoxy) is 4. The number of halogens is 3. The molecule has 1 atom stereocenters. The van der Waals surface area contributed by atoms with Gasteiger partial charge in [-0.2, -0.15) is 9.78 Å². The van der Waals surface area contributed by atoms with Gasteiger partial charge in [-0.25, -0.2) is 4.98 Å². The smallest absolute Gasteiger partial charge is 0.282 e. The van der Waals surface area contributed by atoms with Crippen LogP contribution < -0.4 is 24.5 Å². The van der Waals surface area contributed by atoms with Crippen LogP contribution in [0.5, 0.6) is 23.0 Å². The van der Waals surface area contributed by atoms with Crippen molar-refractivity contribution in [3.8, 4) is 23.0 Å². The molecule has 4 aromatic rings. The maximum absolute atomic E-state index is 13.5. The van der Waals surface area contributed by atoms with Crippen LogP contribution in [0.2, 0.25) is 0 Å². The van der Waals surface area contributed by atoms with Gasteiger partial charge in [0.1, 0.15) is 12.4 Å². The van der Waals surface area contributed by atoms with Crippen molar-refractivity contribution in [2.75, 3.05) is 13.4 Å². The fourth-order valence-electron chi connectivity index (χ4n) is 4.18. The van der Waals surface area contributed by atoms with Crippen LogP contribution in [-0.4, -0.2) is 29.3 Å². The predicted molar refractivity (Wildman–Crippen MR) is 165 cm³/mol. The Labute approximate surface area is 256 Å². The molecule has 0 unspecified atom stereocenters. The van der Waals surface area contributed by atoms with Crippen molar-refractivity contribution < 1.29 is 18.9 Å². The third-order valence-electron chi connectivity index (χ3n) is 6.47. The molecule has 0 saturated carbocycles. The Hall–Kier alpha value is -2.89. The zero-order chi connectivity index (χ0) is 28.4. The molecule has 0 aliphatic carbocycles. The molecular weight excluding hydrogens is 710 g/mol. The van der Waals surface area contributed by atoms with E-state index in [-0.39, 0.29) is 18.3 Å². The molecule has 5 rings (SSSR count). The average Bonchev–Trinajstić information content (AvgIpc) is 3.42. The molecule has 0 bridgehead atoms. The first-order valence-corrected chi connectivity index (χ1v) is 15.1. The van der Waals surface area contributed by atoms with Crippen molar-refractivity contribution in [1.82, 2.24) is 9.66 Å². The fourth-order valence-corrected chi connectivity index (χ4v) is 5.48. The zero-order valence-electron chi connectivity index (χ0n) is 22.0. The van der Waals surface area contributed by atoms with E-state index in [9.17, 15) is 4.79 Å². The molecule has 0 fully saturated rings. The third-order valence-corrected chi connectivity index (χ3v) is 9.11. The van der Waals surface area contributed by atoms with Crippen LogP contribution >= 0.6 is 47.8 Å². The number of aromatic nitrogens is 2. The molecule has 40 heavy (non-hydrogen) atoms. The second kappa shape index (κ2) is 12.3. The summed E-state index contributed by atoms with van der Waals surface area (Å²) in [4.78, 5) is 18.3. The first kappa shape index (κ1) is 28.6. The average molecular weight is 736 g/mol. The predicted octanol–water partition coefficient (Wildman–Crippen LogP) is 7.79. The molecule has 1 aromatic heterocycles. The van der Waals surface area contributed by atoms with Crippen LogP contribution in [0.15, 0.2) is 65.8 Å². The van der Waals surface area contributed by atoms with Crippen LogP contribution in [0, 0.1) is 0 Å². The Morgan fingerprint density at radius 3 is 2.62 bits per heavy atom. The molecular formula is C29H26Br3N3O5. The van der Waals surface area contributed by atoms with E-state index in [0.29, 0.717) is 61.7 Å². The zero-order valence-corrected chi connectivity index (χ0v) is 26.8. The van der Waals surface area contributed by atoms with Crippen molar-refractivity contribution in [2.45, 2.75) is 39.7 Å². The highest BCUT2D eigenvalue weighted by Gasteiger charge is 2.20. The molecule has 8 nitrogen and oxygen atoms in total. The summed E-state index contributed by atoms with van der Waals surface area (Å²) >= 11 is 10.8. The monoisotopic (exact) mass is 733 g/mol. The van der Waals surface area contributed by atoms with E-state index >= 15 is 0 Å². The second-order valence-electron chi connectivity index (χ2n) is 9.13. The van der Waals surface area contributed by atoms with E-state index in [0.717, 1.165) is 22.2 Å². The molecule has 0 saturated heterocycles. The van der Waals surface area contributed by atoms with Crippen molar-refractivity contribution in [3.05, 3.63) is 83.2 Å². The van der Waals surface area contributed by atoms with Gasteiger partial charge in [-0.3, -0.25) is 4.79 Å². The summed E-state index contributed by atoms with van der Waals surface area (Å²) in [5, 5.41) is 5.10. The van der Waals surface area contributed by atoms with Gasteiger partial charge < -0.3 is 18.9 Å². The van der Waals surface area contributed by atoms with Gasteiger partial charge in [0.05, 0.1) is 28.2 Å². The van der Waals surface area contributed by atoms with E-state index in [2.05, 4.69) is 59.8 Å². The van der Waals surface area contributed by atoms with Gasteiger partial charge in [0.25, 0.3) is 5.56 Å². The molecule has 11 heteroatoms. The quantitative estimate of drug-likeness (QED) is 0.163. The molecule has 0 amide bonds. The SMILES string of the molecule is CCOc1cc(C=Nn2c([C@H](C)CC)nc3ccc(Br)cc3c2=O)c(Br)c(Br)c1OCc1ccc2c(c1)OCO2. The van der Waals surface area contributed by atoms with Crippen molar-refractivity contribution in [1.29, 1.82) is 0 Å². The Bertz CT molecular complexity index is 1670. The van der Waals surface area contributed by atoms with Crippen molar-refractivity contribution in [3.63, 3.8) is 0 Å². The molecule has 0 radical (unpaired) electrons. The third kappa shape index (κ3) is 5.77. The number of hydrogen-bond donors (Lipinski definition) is 0. The molecule has 2 heterocycles. The van der Waals surface area contributed by atoms with Gasteiger partial charge in [-0.05, 0) is 87.2 Å². The highest BCUT2D eigenvalue weighted by molar-refractivity contribution is 9.13. The number of nitrogens with zero attached hydrogens (tertiary/aromatic N) is 3.